The van der Waals surface area contributed by atoms with Crippen molar-refractivity contribution in [1.29, 1.82) is 5.26 Å². The van der Waals surface area contributed by atoms with Crippen molar-refractivity contribution in [3.05, 3.63) is 102 Å². The van der Waals surface area contributed by atoms with Gasteiger partial charge >= 0.3 is 0 Å². The molecule has 0 aliphatic rings. The summed E-state index contributed by atoms with van der Waals surface area (Å²) in [6.07, 6.45) is 1.70. The Morgan fingerprint density at radius 2 is 1.88 bits per heavy atom. The fourth-order valence-electron chi connectivity index (χ4n) is 3.90. The van der Waals surface area contributed by atoms with Crippen LogP contribution in [0.3, 0.4) is 0 Å². The molecule has 1 N–H and O–H groups in total. The SMILES string of the molecule is COc1cc(/C=C(/C#N)c2nc3ccc(F)cc3[nH]2)ccc1OCc1cccc2ccccc12. The van der Waals surface area contributed by atoms with Crippen LogP contribution in [0.25, 0.3) is 33.5 Å². The summed E-state index contributed by atoms with van der Waals surface area (Å²) in [5.74, 6) is 1.16. The molecule has 0 radical (unpaired) electrons. The van der Waals surface area contributed by atoms with Gasteiger partial charge in [0, 0.05) is 0 Å². The number of aromatic amines is 1. The third-order valence-corrected chi connectivity index (χ3v) is 5.58. The maximum atomic E-state index is 13.5. The highest BCUT2D eigenvalue weighted by Crippen LogP contribution is 2.31. The Bertz CT molecular complexity index is 1580. The Hall–Kier alpha value is -4.63. The maximum absolute atomic E-state index is 13.5. The standard InChI is InChI=1S/C28H20FN3O2/c1-33-27-14-18(13-21(16-30)28-31-24-11-10-22(29)15-25(24)32-28)9-12-26(27)34-17-20-7-4-6-19-5-2-3-8-23(19)20/h2-15H,17H2,1H3,(H,31,32)/b21-13-. The highest BCUT2D eigenvalue weighted by Gasteiger charge is 2.11. The molecule has 0 saturated carbocycles. The summed E-state index contributed by atoms with van der Waals surface area (Å²) in [5.41, 5.74) is 3.27. The van der Waals surface area contributed by atoms with Crippen LogP contribution in [0.4, 0.5) is 4.39 Å². The van der Waals surface area contributed by atoms with Gasteiger partial charge in [0.25, 0.3) is 0 Å². The van der Waals surface area contributed by atoms with Crippen LogP contribution >= 0.6 is 0 Å². The van der Waals surface area contributed by atoms with Gasteiger partial charge in [0.05, 0.1) is 23.7 Å². The number of allylic oxidation sites excluding steroid dienone is 1. The lowest BCUT2D eigenvalue weighted by Crippen LogP contribution is -1.99. The molecule has 1 aromatic heterocycles. The number of hydrogen-bond acceptors (Lipinski definition) is 4. The van der Waals surface area contributed by atoms with Gasteiger partial charge in [0.1, 0.15) is 24.3 Å². The Morgan fingerprint density at radius 1 is 1.03 bits per heavy atom. The molecule has 5 aromatic rings. The van der Waals surface area contributed by atoms with Crippen LogP contribution < -0.4 is 9.47 Å². The minimum absolute atomic E-state index is 0.322. The van der Waals surface area contributed by atoms with E-state index < -0.39 is 0 Å². The van der Waals surface area contributed by atoms with Crippen LogP contribution in [0, 0.1) is 17.1 Å². The first-order valence-electron chi connectivity index (χ1n) is 10.7. The molecule has 1 heterocycles. The van der Waals surface area contributed by atoms with E-state index in [9.17, 15) is 9.65 Å². The van der Waals surface area contributed by atoms with Crippen molar-refractivity contribution in [3.8, 4) is 17.6 Å². The van der Waals surface area contributed by atoms with Gasteiger partial charge in [-0.15, -0.1) is 0 Å². The van der Waals surface area contributed by atoms with Gasteiger partial charge in [-0.1, -0.05) is 48.5 Å². The number of nitriles is 1. The molecule has 0 aliphatic heterocycles. The van der Waals surface area contributed by atoms with Crippen molar-refractivity contribution < 1.29 is 13.9 Å². The molecule has 0 saturated heterocycles. The predicted octanol–water partition coefficient (Wildman–Crippen LogP) is 6.51. The second-order valence-corrected chi connectivity index (χ2v) is 7.75. The zero-order chi connectivity index (χ0) is 23.5. The van der Waals surface area contributed by atoms with Crippen LogP contribution in [-0.4, -0.2) is 17.1 Å². The Labute approximate surface area is 195 Å². The average Bonchev–Trinajstić information content (AvgIpc) is 3.29. The van der Waals surface area contributed by atoms with E-state index in [0.29, 0.717) is 40.5 Å². The Kier molecular flexibility index (Phi) is 5.67. The first-order valence-corrected chi connectivity index (χ1v) is 10.7. The normalized spacial score (nSPS) is 11.5. The van der Waals surface area contributed by atoms with Crippen LogP contribution in [0.15, 0.2) is 78.9 Å². The number of H-pyrrole nitrogens is 1. The molecule has 5 nitrogen and oxygen atoms in total. The summed E-state index contributed by atoms with van der Waals surface area (Å²) in [4.78, 5) is 7.40. The highest BCUT2D eigenvalue weighted by molar-refractivity contribution is 5.90. The van der Waals surface area contributed by atoms with Gasteiger partial charge < -0.3 is 14.5 Å². The first-order chi connectivity index (χ1) is 16.6. The van der Waals surface area contributed by atoms with E-state index in [0.717, 1.165) is 21.9 Å². The van der Waals surface area contributed by atoms with Crippen molar-refractivity contribution in [2.75, 3.05) is 7.11 Å². The number of methoxy groups -OCH3 is 1. The molecule has 34 heavy (non-hydrogen) atoms. The third-order valence-electron chi connectivity index (χ3n) is 5.58. The molecule has 166 valence electrons. The highest BCUT2D eigenvalue weighted by atomic mass is 19.1. The van der Waals surface area contributed by atoms with Crippen LogP contribution in [-0.2, 0) is 6.61 Å². The van der Waals surface area contributed by atoms with Gasteiger partial charge in [0.15, 0.2) is 11.5 Å². The maximum Gasteiger partial charge on any atom is 0.161 e. The van der Waals surface area contributed by atoms with E-state index in [2.05, 4.69) is 34.2 Å². The Balaban J connectivity index is 1.41. The lowest BCUT2D eigenvalue weighted by atomic mass is 10.1. The van der Waals surface area contributed by atoms with Crippen molar-refractivity contribution in [1.82, 2.24) is 9.97 Å². The number of nitrogens with one attached hydrogen (secondary N) is 1. The number of rotatable bonds is 6. The number of aromatic nitrogens is 2. The lowest BCUT2D eigenvalue weighted by Gasteiger charge is -2.13. The summed E-state index contributed by atoms with van der Waals surface area (Å²) in [6.45, 7) is 0.395. The van der Waals surface area contributed by atoms with Crippen molar-refractivity contribution >= 4 is 33.5 Å². The Morgan fingerprint density at radius 3 is 2.74 bits per heavy atom. The molecule has 6 heteroatoms. The van der Waals surface area contributed by atoms with Crippen LogP contribution in [0.2, 0.25) is 0 Å². The van der Waals surface area contributed by atoms with Gasteiger partial charge in [-0.05, 0) is 58.3 Å². The number of fused-ring (bicyclic) bond motifs is 2. The topological polar surface area (TPSA) is 70.9 Å². The van der Waals surface area contributed by atoms with Gasteiger partial charge in [-0.2, -0.15) is 5.26 Å². The van der Waals surface area contributed by atoms with E-state index in [1.807, 2.05) is 36.4 Å². The van der Waals surface area contributed by atoms with Gasteiger partial charge in [-0.3, -0.25) is 0 Å². The second kappa shape index (κ2) is 9.08. The molecule has 0 spiro atoms. The summed E-state index contributed by atoms with van der Waals surface area (Å²) in [5, 5.41) is 12.0. The van der Waals surface area contributed by atoms with Crippen molar-refractivity contribution in [2.45, 2.75) is 6.61 Å². The van der Waals surface area contributed by atoms with E-state index in [-0.39, 0.29) is 5.82 Å². The molecule has 0 atom stereocenters. The zero-order valence-electron chi connectivity index (χ0n) is 18.4. The zero-order valence-corrected chi connectivity index (χ0v) is 18.4. The molecule has 0 bridgehead atoms. The molecule has 0 amide bonds. The predicted molar refractivity (Wildman–Crippen MR) is 131 cm³/mol. The third kappa shape index (κ3) is 4.19. The molecule has 0 unspecified atom stereocenters. The van der Waals surface area contributed by atoms with E-state index in [4.69, 9.17) is 9.47 Å². The molecule has 0 aliphatic carbocycles. The molecular formula is C28H20FN3O2. The number of ether oxygens (including phenoxy) is 2. The largest absolute Gasteiger partial charge is 0.493 e. The number of halogens is 1. The summed E-state index contributed by atoms with van der Waals surface area (Å²) in [6, 6.07) is 26.2. The molecule has 5 rings (SSSR count). The number of hydrogen-bond donors (Lipinski definition) is 1. The first kappa shape index (κ1) is 21.2. The minimum Gasteiger partial charge on any atom is -0.493 e. The average molecular weight is 449 g/mol. The van der Waals surface area contributed by atoms with Gasteiger partial charge in [-0.25, -0.2) is 9.37 Å². The smallest absolute Gasteiger partial charge is 0.161 e. The molecular weight excluding hydrogens is 429 g/mol. The lowest BCUT2D eigenvalue weighted by molar-refractivity contribution is 0.285. The minimum atomic E-state index is -0.367. The molecule has 0 fully saturated rings. The van der Waals surface area contributed by atoms with Crippen LogP contribution in [0.1, 0.15) is 17.0 Å². The monoisotopic (exact) mass is 449 g/mol. The number of imidazole rings is 1. The number of nitrogens with zero attached hydrogens (tertiary/aromatic N) is 2. The van der Waals surface area contributed by atoms with E-state index >= 15 is 0 Å². The molecule has 4 aromatic carbocycles. The fraction of sp³-hybridized carbons (Fsp3) is 0.0714. The van der Waals surface area contributed by atoms with Crippen LogP contribution in [0.5, 0.6) is 11.5 Å². The van der Waals surface area contributed by atoms with Crippen molar-refractivity contribution in [2.24, 2.45) is 0 Å². The quantitative estimate of drug-likeness (QED) is 0.300. The summed E-state index contributed by atoms with van der Waals surface area (Å²) >= 11 is 0. The van der Waals surface area contributed by atoms with Crippen molar-refractivity contribution in [3.63, 3.8) is 0 Å². The fourth-order valence-corrected chi connectivity index (χ4v) is 3.90. The van der Waals surface area contributed by atoms with E-state index in [1.165, 1.54) is 12.1 Å². The number of benzene rings is 4. The second-order valence-electron chi connectivity index (χ2n) is 7.75. The summed E-state index contributed by atoms with van der Waals surface area (Å²) in [7, 11) is 1.58. The van der Waals surface area contributed by atoms with E-state index in [1.54, 1.807) is 25.3 Å². The van der Waals surface area contributed by atoms with Gasteiger partial charge in [0.2, 0.25) is 0 Å². The summed E-state index contributed by atoms with van der Waals surface area (Å²) < 4.78 is 25.1.